The van der Waals surface area contributed by atoms with Crippen molar-refractivity contribution in [2.24, 2.45) is 17.8 Å². The number of thiazole rings is 1. The first-order chi connectivity index (χ1) is 14.7. The Hall–Kier alpha value is -3.86. The van der Waals surface area contributed by atoms with Gasteiger partial charge in [-0.25, -0.2) is 4.99 Å². The first-order valence-corrected chi connectivity index (χ1v) is 10.1. The average molecular weight is 438 g/mol. The molecule has 0 fully saturated rings. The Morgan fingerprint density at radius 2 is 2.10 bits per heavy atom. The number of carbonyl (C=O) groups excluding carboxylic acids is 1. The third kappa shape index (κ3) is 3.48. The van der Waals surface area contributed by atoms with Crippen LogP contribution in [0.15, 0.2) is 51.5 Å². The molecule has 0 saturated heterocycles. The van der Waals surface area contributed by atoms with Gasteiger partial charge >= 0.3 is 0 Å². The van der Waals surface area contributed by atoms with Crippen LogP contribution in [-0.2, 0) is 11.8 Å². The maximum Gasteiger partial charge on any atom is 0.271 e. The van der Waals surface area contributed by atoms with E-state index in [0.717, 1.165) is 11.3 Å². The number of nitro groups is 1. The number of nitro benzene ring substituents is 1. The van der Waals surface area contributed by atoms with Gasteiger partial charge in [0.1, 0.15) is 6.04 Å². The molecule has 1 atom stereocenters. The Bertz CT molecular complexity index is 1460. The van der Waals surface area contributed by atoms with Crippen molar-refractivity contribution in [3.05, 3.63) is 88.4 Å². The van der Waals surface area contributed by atoms with Crippen molar-refractivity contribution in [2.75, 3.05) is 0 Å². The summed E-state index contributed by atoms with van der Waals surface area (Å²) < 4.78 is 3.38. The predicted molar refractivity (Wildman–Crippen MR) is 114 cm³/mol. The van der Waals surface area contributed by atoms with Gasteiger partial charge in [-0.2, -0.15) is 5.10 Å². The number of hydrogen-bond acceptors (Lipinski definition) is 7. The van der Waals surface area contributed by atoms with Crippen LogP contribution in [0, 0.1) is 17.0 Å². The standard InChI is InChI=1S/C20H18N6O4S/c1-10-14(9-24(3)23-10)17-16(18(21)27)11(2)22-20-25(17)19(28)15(31-20)8-12-5-4-6-13(7-12)26(29)30/h4-9,17H,1-3H3,(H2,21,27)/b15-8+. The van der Waals surface area contributed by atoms with Crippen molar-refractivity contribution in [2.45, 2.75) is 19.9 Å². The number of nitrogens with zero attached hydrogens (tertiary/aromatic N) is 5. The van der Waals surface area contributed by atoms with Gasteiger partial charge in [0.2, 0.25) is 5.91 Å². The highest BCUT2D eigenvalue weighted by Gasteiger charge is 2.33. The number of aryl methyl sites for hydroxylation is 2. The van der Waals surface area contributed by atoms with Gasteiger partial charge in [0.05, 0.1) is 26.4 Å². The highest BCUT2D eigenvalue weighted by atomic mass is 32.1. The number of carbonyl (C=O) groups is 1. The van der Waals surface area contributed by atoms with E-state index in [2.05, 4.69) is 10.1 Å². The number of primary amides is 1. The summed E-state index contributed by atoms with van der Waals surface area (Å²) in [7, 11) is 1.75. The lowest BCUT2D eigenvalue weighted by Gasteiger charge is -2.23. The maximum atomic E-state index is 13.4. The Balaban J connectivity index is 1.98. The molecule has 3 aromatic rings. The molecule has 1 aliphatic rings. The number of rotatable bonds is 4. The van der Waals surface area contributed by atoms with Crippen LogP contribution in [0.5, 0.6) is 0 Å². The highest BCUT2D eigenvalue weighted by Crippen LogP contribution is 2.30. The molecule has 0 spiro atoms. The van der Waals surface area contributed by atoms with E-state index in [1.54, 1.807) is 50.0 Å². The van der Waals surface area contributed by atoms with E-state index < -0.39 is 16.9 Å². The summed E-state index contributed by atoms with van der Waals surface area (Å²) in [6.45, 7) is 3.47. The zero-order valence-electron chi connectivity index (χ0n) is 16.9. The summed E-state index contributed by atoms with van der Waals surface area (Å²) in [4.78, 5) is 41.1. The first-order valence-electron chi connectivity index (χ1n) is 9.24. The summed E-state index contributed by atoms with van der Waals surface area (Å²) in [6.07, 6.45) is 3.33. The van der Waals surface area contributed by atoms with Crippen LogP contribution < -0.4 is 20.6 Å². The smallest absolute Gasteiger partial charge is 0.271 e. The van der Waals surface area contributed by atoms with Crippen LogP contribution in [0.2, 0.25) is 0 Å². The summed E-state index contributed by atoms with van der Waals surface area (Å²) in [5, 5.41) is 15.4. The van der Waals surface area contributed by atoms with Gasteiger partial charge in [0, 0.05) is 30.9 Å². The molecule has 2 aromatic heterocycles. The molecule has 0 radical (unpaired) electrons. The van der Waals surface area contributed by atoms with E-state index >= 15 is 0 Å². The molecule has 1 aromatic carbocycles. The van der Waals surface area contributed by atoms with E-state index in [0.29, 0.717) is 31.9 Å². The Kier molecular flexibility index (Phi) is 4.90. The van der Waals surface area contributed by atoms with Crippen LogP contribution in [0.4, 0.5) is 5.69 Å². The molecule has 0 saturated carbocycles. The van der Waals surface area contributed by atoms with Crippen molar-refractivity contribution in [1.29, 1.82) is 0 Å². The number of fused-ring (bicyclic) bond motifs is 1. The molecule has 31 heavy (non-hydrogen) atoms. The molecule has 3 heterocycles. The number of aromatic nitrogens is 3. The number of benzene rings is 1. The molecule has 1 aliphatic heterocycles. The molecule has 158 valence electrons. The van der Waals surface area contributed by atoms with E-state index in [-0.39, 0.29) is 16.8 Å². The zero-order chi connectivity index (χ0) is 22.4. The summed E-state index contributed by atoms with van der Waals surface area (Å²) >= 11 is 1.14. The Labute approximate surface area is 179 Å². The van der Waals surface area contributed by atoms with Crippen molar-refractivity contribution in [3.8, 4) is 0 Å². The van der Waals surface area contributed by atoms with Gasteiger partial charge in [-0.15, -0.1) is 0 Å². The molecule has 1 unspecified atom stereocenters. The first kappa shape index (κ1) is 20.4. The van der Waals surface area contributed by atoms with Crippen LogP contribution in [0.1, 0.15) is 29.8 Å². The van der Waals surface area contributed by atoms with Crippen LogP contribution >= 0.6 is 11.3 Å². The molecule has 10 nitrogen and oxygen atoms in total. The molecule has 11 heteroatoms. The van der Waals surface area contributed by atoms with Crippen molar-refractivity contribution in [1.82, 2.24) is 14.3 Å². The third-order valence-corrected chi connectivity index (χ3v) is 5.99. The van der Waals surface area contributed by atoms with Gasteiger partial charge < -0.3 is 5.73 Å². The zero-order valence-corrected chi connectivity index (χ0v) is 17.7. The fraction of sp³-hybridized carbons (Fsp3) is 0.200. The lowest BCUT2D eigenvalue weighted by atomic mass is 9.96. The fourth-order valence-corrected chi connectivity index (χ4v) is 4.74. The normalized spacial score (nSPS) is 16.2. The minimum absolute atomic E-state index is 0.0720. The number of nitrogens with two attached hydrogens (primary N) is 1. The summed E-state index contributed by atoms with van der Waals surface area (Å²) in [6, 6.07) is 5.24. The van der Waals surface area contributed by atoms with Crippen LogP contribution in [-0.4, -0.2) is 25.2 Å². The number of non-ortho nitro benzene ring substituents is 1. The molecule has 2 N–H and O–H groups in total. The second-order valence-corrected chi connectivity index (χ2v) is 8.15. The molecule has 0 bridgehead atoms. The molecule has 4 rings (SSSR count). The van der Waals surface area contributed by atoms with Crippen molar-refractivity contribution < 1.29 is 9.72 Å². The minimum atomic E-state index is -0.755. The second-order valence-electron chi connectivity index (χ2n) is 7.14. The van der Waals surface area contributed by atoms with E-state index in [9.17, 15) is 19.7 Å². The molecular formula is C20H18N6O4S. The SMILES string of the molecule is CC1=C(C(N)=O)C(c2cn(C)nc2C)n2c(s/c(=C/c3cccc([N+](=O)[O-])c3)c2=O)=N1. The van der Waals surface area contributed by atoms with Gasteiger partial charge in [-0.1, -0.05) is 23.5 Å². The topological polar surface area (TPSA) is 138 Å². The lowest BCUT2D eigenvalue weighted by Crippen LogP contribution is -2.40. The quantitative estimate of drug-likeness (QED) is 0.471. The average Bonchev–Trinajstić information content (AvgIpc) is 3.18. The predicted octanol–water partition coefficient (Wildman–Crippen LogP) is 0.671. The number of amides is 1. The summed E-state index contributed by atoms with van der Waals surface area (Å²) in [5.74, 6) is -0.664. The molecular weight excluding hydrogens is 420 g/mol. The van der Waals surface area contributed by atoms with E-state index in [4.69, 9.17) is 5.73 Å². The van der Waals surface area contributed by atoms with Gasteiger partial charge in [-0.05, 0) is 25.5 Å². The largest absolute Gasteiger partial charge is 0.366 e. The van der Waals surface area contributed by atoms with E-state index in [1.165, 1.54) is 16.7 Å². The highest BCUT2D eigenvalue weighted by molar-refractivity contribution is 7.07. The Morgan fingerprint density at radius 1 is 1.35 bits per heavy atom. The number of hydrogen-bond donors (Lipinski definition) is 1. The summed E-state index contributed by atoms with van der Waals surface area (Å²) in [5.41, 5.74) is 7.73. The third-order valence-electron chi connectivity index (χ3n) is 5.01. The van der Waals surface area contributed by atoms with Gasteiger partial charge in [0.25, 0.3) is 11.2 Å². The van der Waals surface area contributed by atoms with Gasteiger partial charge in [-0.3, -0.25) is 29.0 Å². The molecule has 1 amide bonds. The second kappa shape index (κ2) is 7.43. The van der Waals surface area contributed by atoms with Crippen LogP contribution in [0.3, 0.4) is 0 Å². The molecule has 0 aliphatic carbocycles. The maximum absolute atomic E-state index is 13.4. The van der Waals surface area contributed by atoms with E-state index in [1.807, 2.05) is 0 Å². The van der Waals surface area contributed by atoms with Crippen molar-refractivity contribution >= 4 is 29.0 Å². The minimum Gasteiger partial charge on any atom is -0.366 e. The van der Waals surface area contributed by atoms with Gasteiger partial charge in [0.15, 0.2) is 4.80 Å². The van der Waals surface area contributed by atoms with Crippen molar-refractivity contribution in [3.63, 3.8) is 0 Å². The van der Waals surface area contributed by atoms with Crippen LogP contribution in [0.25, 0.3) is 6.08 Å². The fourth-order valence-electron chi connectivity index (χ4n) is 3.70. The lowest BCUT2D eigenvalue weighted by molar-refractivity contribution is -0.384. The monoisotopic (exact) mass is 438 g/mol. The Morgan fingerprint density at radius 3 is 2.71 bits per heavy atom. The number of allylic oxidation sites excluding steroid dienone is 1.